The molecule has 14 heavy (non-hydrogen) atoms. The molecule has 1 heteroatoms. The molecule has 0 heterocycles. The Morgan fingerprint density at radius 2 is 1.71 bits per heavy atom. The van der Waals surface area contributed by atoms with E-state index in [1.807, 2.05) is 0 Å². The SMILES string of the molecule is CCC(CCl)Cc1cc(C)cc(C)c1. The predicted molar refractivity (Wildman–Crippen MR) is 64.1 cm³/mol. The quantitative estimate of drug-likeness (QED) is 0.657. The van der Waals surface area contributed by atoms with Crippen molar-refractivity contribution in [2.24, 2.45) is 5.92 Å². The van der Waals surface area contributed by atoms with E-state index < -0.39 is 0 Å². The van der Waals surface area contributed by atoms with E-state index in [1.165, 1.54) is 16.7 Å². The minimum absolute atomic E-state index is 0.623. The van der Waals surface area contributed by atoms with Gasteiger partial charge < -0.3 is 0 Å². The average Bonchev–Trinajstić information content (AvgIpc) is 2.12. The number of alkyl halides is 1. The molecule has 78 valence electrons. The highest BCUT2D eigenvalue weighted by molar-refractivity contribution is 6.18. The summed E-state index contributed by atoms with van der Waals surface area (Å²) in [5.74, 6) is 1.39. The van der Waals surface area contributed by atoms with E-state index in [0.29, 0.717) is 5.92 Å². The van der Waals surface area contributed by atoms with Crippen LogP contribution in [0.2, 0.25) is 0 Å². The molecule has 0 saturated carbocycles. The van der Waals surface area contributed by atoms with Gasteiger partial charge in [-0.3, -0.25) is 0 Å². The molecule has 0 fully saturated rings. The topological polar surface area (TPSA) is 0 Å². The first-order valence-corrected chi connectivity index (χ1v) is 5.82. The smallest absolute Gasteiger partial charge is 0.0254 e. The highest BCUT2D eigenvalue weighted by Crippen LogP contribution is 2.16. The number of hydrogen-bond donors (Lipinski definition) is 0. The Bertz CT molecular complexity index is 267. The van der Waals surface area contributed by atoms with Crippen LogP contribution in [0, 0.1) is 19.8 Å². The summed E-state index contributed by atoms with van der Waals surface area (Å²) in [7, 11) is 0. The van der Waals surface area contributed by atoms with E-state index in [1.54, 1.807) is 0 Å². The molecular weight excluding hydrogens is 192 g/mol. The number of halogens is 1. The van der Waals surface area contributed by atoms with Gasteiger partial charge in [-0.05, 0) is 31.7 Å². The van der Waals surface area contributed by atoms with Crippen LogP contribution in [0.5, 0.6) is 0 Å². The fourth-order valence-electron chi connectivity index (χ4n) is 1.83. The van der Waals surface area contributed by atoms with Crippen molar-refractivity contribution in [2.45, 2.75) is 33.6 Å². The number of rotatable bonds is 4. The molecule has 1 atom stereocenters. The molecule has 0 N–H and O–H groups in total. The lowest BCUT2D eigenvalue weighted by atomic mass is 9.96. The van der Waals surface area contributed by atoms with Crippen molar-refractivity contribution >= 4 is 11.6 Å². The van der Waals surface area contributed by atoms with Gasteiger partial charge in [0.05, 0.1) is 0 Å². The van der Waals surface area contributed by atoms with Crippen molar-refractivity contribution < 1.29 is 0 Å². The Kier molecular flexibility index (Phi) is 4.47. The van der Waals surface area contributed by atoms with Gasteiger partial charge in [-0.25, -0.2) is 0 Å². The fourth-order valence-corrected chi connectivity index (χ4v) is 2.16. The van der Waals surface area contributed by atoms with Gasteiger partial charge in [0.2, 0.25) is 0 Å². The molecule has 0 aliphatic rings. The monoisotopic (exact) mass is 210 g/mol. The second-order valence-electron chi connectivity index (χ2n) is 4.13. The maximum Gasteiger partial charge on any atom is 0.0254 e. The zero-order chi connectivity index (χ0) is 10.6. The van der Waals surface area contributed by atoms with Crippen LogP contribution in [0.15, 0.2) is 18.2 Å². The Morgan fingerprint density at radius 3 is 2.14 bits per heavy atom. The molecule has 0 aromatic heterocycles. The summed E-state index contributed by atoms with van der Waals surface area (Å²) in [5.41, 5.74) is 4.13. The summed E-state index contributed by atoms with van der Waals surface area (Å²) in [5, 5.41) is 0. The van der Waals surface area contributed by atoms with Gasteiger partial charge >= 0.3 is 0 Å². The molecule has 0 amide bonds. The molecule has 0 aliphatic carbocycles. The number of hydrogen-bond acceptors (Lipinski definition) is 0. The first kappa shape index (κ1) is 11.6. The van der Waals surface area contributed by atoms with Crippen LogP contribution >= 0.6 is 11.6 Å². The second kappa shape index (κ2) is 5.41. The van der Waals surface area contributed by atoms with Gasteiger partial charge in [0.25, 0.3) is 0 Å². The first-order chi connectivity index (χ1) is 6.65. The van der Waals surface area contributed by atoms with Crippen molar-refractivity contribution in [2.75, 3.05) is 5.88 Å². The number of aryl methyl sites for hydroxylation is 2. The summed E-state index contributed by atoms with van der Waals surface area (Å²) in [6.07, 6.45) is 2.28. The summed E-state index contributed by atoms with van der Waals surface area (Å²) >= 11 is 5.90. The third kappa shape index (κ3) is 3.34. The normalized spacial score (nSPS) is 12.9. The van der Waals surface area contributed by atoms with Crippen molar-refractivity contribution in [3.05, 3.63) is 34.9 Å². The third-order valence-corrected chi connectivity index (χ3v) is 3.04. The zero-order valence-electron chi connectivity index (χ0n) is 9.31. The zero-order valence-corrected chi connectivity index (χ0v) is 10.1. The van der Waals surface area contributed by atoms with E-state index >= 15 is 0 Å². The van der Waals surface area contributed by atoms with Gasteiger partial charge in [-0.1, -0.05) is 42.7 Å². The molecule has 1 aromatic rings. The van der Waals surface area contributed by atoms with Crippen LogP contribution in [0.1, 0.15) is 30.0 Å². The fraction of sp³-hybridized carbons (Fsp3) is 0.538. The first-order valence-electron chi connectivity index (χ1n) is 5.28. The van der Waals surface area contributed by atoms with E-state index in [2.05, 4.69) is 39.0 Å². The Balaban J connectivity index is 2.75. The lowest BCUT2D eigenvalue weighted by Crippen LogP contribution is -2.05. The predicted octanol–water partition coefficient (Wildman–Crippen LogP) is 4.11. The highest BCUT2D eigenvalue weighted by atomic mass is 35.5. The van der Waals surface area contributed by atoms with Crippen molar-refractivity contribution in [1.29, 1.82) is 0 Å². The van der Waals surface area contributed by atoms with Gasteiger partial charge in [0.1, 0.15) is 0 Å². The van der Waals surface area contributed by atoms with Crippen molar-refractivity contribution in [3.63, 3.8) is 0 Å². The molecule has 0 nitrogen and oxygen atoms in total. The lowest BCUT2D eigenvalue weighted by molar-refractivity contribution is 0.566. The molecule has 1 unspecified atom stereocenters. The maximum absolute atomic E-state index is 5.90. The van der Waals surface area contributed by atoms with Gasteiger partial charge in [-0.2, -0.15) is 0 Å². The summed E-state index contributed by atoms with van der Waals surface area (Å²) < 4.78 is 0. The molecule has 0 spiro atoms. The van der Waals surface area contributed by atoms with E-state index in [4.69, 9.17) is 11.6 Å². The minimum Gasteiger partial charge on any atom is -0.126 e. The molecular formula is C13H19Cl. The van der Waals surface area contributed by atoms with E-state index in [-0.39, 0.29) is 0 Å². The van der Waals surface area contributed by atoms with Crippen LogP contribution < -0.4 is 0 Å². The summed E-state index contributed by atoms with van der Waals surface area (Å²) in [6.45, 7) is 6.51. The van der Waals surface area contributed by atoms with Crippen LogP contribution in [0.25, 0.3) is 0 Å². The molecule has 1 rings (SSSR count). The summed E-state index contributed by atoms with van der Waals surface area (Å²) in [6, 6.07) is 6.75. The second-order valence-corrected chi connectivity index (χ2v) is 4.44. The molecule has 0 radical (unpaired) electrons. The Hall–Kier alpha value is -0.490. The van der Waals surface area contributed by atoms with Crippen LogP contribution in [-0.2, 0) is 6.42 Å². The Morgan fingerprint density at radius 1 is 1.14 bits per heavy atom. The van der Waals surface area contributed by atoms with Crippen molar-refractivity contribution in [3.8, 4) is 0 Å². The molecule has 0 bridgehead atoms. The van der Waals surface area contributed by atoms with Crippen LogP contribution in [0.4, 0.5) is 0 Å². The third-order valence-electron chi connectivity index (χ3n) is 2.60. The van der Waals surface area contributed by atoms with E-state index in [0.717, 1.165) is 18.7 Å². The molecule has 1 aromatic carbocycles. The van der Waals surface area contributed by atoms with E-state index in [9.17, 15) is 0 Å². The standard InChI is InChI=1S/C13H19Cl/c1-4-12(9-14)8-13-6-10(2)5-11(3)7-13/h5-7,12H,4,8-9H2,1-3H3. The van der Waals surface area contributed by atoms with Gasteiger partial charge in [0.15, 0.2) is 0 Å². The molecule has 0 saturated heterocycles. The Labute approximate surface area is 92.3 Å². The average molecular weight is 211 g/mol. The number of benzene rings is 1. The largest absolute Gasteiger partial charge is 0.126 e. The van der Waals surface area contributed by atoms with Crippen LogP contribution in [0.3, 0.4) is 0 Å². The molecule has 0 aliphatic heterocycles. The highest BCUT2D eigenvalue weighted by Gasteiger charge is 2.06. The van der Waals surface area contributed by atoms with Gasteiger partial charge in [-0.15, -0.1) is 11.6 Å². The minimum atomic E-state index is 0.623. The van der Waals surface area contributed by atoms with Gasteiger partial charge in [0, 0.05) is 5.88 Å². The lowest BCUT2D eigenvalue weighted by Gasteiger charge is -2.12. The maximum atomic E-state index is 5.90. The van der Waals surface area contributed by atoms with Crippen molar-refractivity contribution in [1.82, 2.24) is 0 Å². The summed E-state index contributed by atoms with van der Waals surface area (Å²) in [4.78, 5) is 0. The van der Waals surface area contributed by atoms with Crippen LogP contribution in [-0.4, -0.2) is 5.88 Å².